The summed E-state index contributed by atoms with van der Waals surface area (Å²) in [5, 5.41) is 15.5. The molecule has 8 heteroatoms. The molecule has 1 aliphatic heterocycles. The fourth-order valence-electron chi connectivity index (χ4n) is 3.56. The van der Waals surface area contributed by atoms with Crippen LogP contribution < -0.4 is 10.6 Å². The second-order valence-corrected chi connectivity index (χ2v) is 7.00. The number of pyridine rings is 1. The van der Waals surface area contributed by atoms with Gasteiger partial charge in [0, 0.05) is 42.0 Å². The zero-order chi connectivity index (χ0) is 19.9. The molecule has 0 spiro atoms. The molecule has 5 rings (SSSR count). The molecule has 29 heavy (non-hydrogen) atoms. The summed E-state index contributed by atoms with van der Waals surface area (Å²) in [5.41, 5.74) is 4.88. The van der Waals surface area contributed by atoms with Crippen LogP contribution in [0.2, 0.25) is 0 Å². The van der Waals surface area contributed by atoms with Gasteiger partial charge >= 0.3 is 0 Å². The highest BCUT2D eigenvalue weighted by atomic mass is 16.1. The average Bonchev–Trinajstić information content (AvgIpc) is 3.39. The predicted octanol–water partition coefficient (Wildman–Crippen LogP) is 2.32. The third-order valence-electron chi connectivity index (χ3n) is 5.01. The van der Waals surface area contributed by atoms with Crippen molar-refractivity contribution in [3.8, 4) is 11.1 Å². The second kappa shape index (κ2) is 9.29. The minimum atomic E-state index is 0.590. The van der Waals surface area contributed by atoms with Crippen LogP contribution in [-0.2, 0) is 11.2 Å². The number of rotatable bonds is 5. The van der Waals surface area contributed by atoms with Crippen LogP contribution in [-0.4, -0.2) is 50.8 Å². The number of carbonyl (C=O) groups excluding carboxylic acids is 1. The van der Waals surface area contributed by atoms with Gasteiger partial charge in [-0.2, -0.15) is 14.8 Å². The van der Waals surface area contributed by atoms with Crippen molar-refractivity contribution in [1.82, 2.24) is 35.4 Å². The zero-order valence-corrected chi connectivity index (χ0v) is 16.3. The van der Waals surface area contributed by atoms with Crippen LogP contribution in [0.25, 0.3) is 27.7 Å². The van der Waals surface area contributed by atoms with E-state index in [1.807, 2.05) is 24.4 Å². The van der Waals surface area contributed by atoms with Gasteiger partial charge in [-0.3, -0.25) is 4.79 Å². The Bertz CT molecular complexity index is 1070. The highest BCUT2D eigenvalue weighted by Gasteiger charge is 2.12. The van der Waals surface area contributed by atoms with Crippen LogP contribution in [0.3, 0.4) is 0 Å². The van der Waals surface area contributed by atoms with Gasteiger partial charge < -0.3 is 15.6 Å². The molecule has 150 valence electrons. The molecule has 0 atom stereocenters. The van der Waals surface area contributed by atoms with Gasteiger partial charge in [0.1, 0.15) is 5.65 Å². The predicted molar refractivity (Wildman–Crippen MR) is 113 cm³/mol. The number of nitrogens with one attached hydrogen (secondary N) is 3. The summed E-state index contributed by atoms with van der Waals surface area (Å²) < 4.78 is 1.61. The Labute approximate surface area is 168 Å². The fraction of sp³-hybridized carbons (Fsp3) is 0.333. The van der Waals surface area contributed by atoms with E-state index in [9.17, 15) is 4.79 Å². The van der Waals surface area contributed by atoms with Gasteiger partial charge in [-0.05, 0) is 55.8 Å². The van der Waals surface area contributed by atoms with Crippen molar-refractivity contribution in [2.45, 2.75) is 25.7 Å². The first-order chi connectivity index (χ1) is 14.4. The lowest BCUT2D eigenvalue weighted by Crippen LogP contribution is -2.21. The van der Waals surface area contributed by atoms with Crippen molar-refractivity contribution < 1.29 is 4.79 Å². The standard InChI is InChI=1S/C16H14N6O.C5H11N/c23-10-17-6-3-11-8-13-12(4-7-18-16(13)21-11)14-9-20-22-15(14)2-1-5-19-22;1-2-4-6-5-3-1/h1-2,4-5,7-10H,3,6H2,(H,17,23)(H,18,21);6H,1-5H2. The maximum Gasteiger partial charge on any atom is 0.207 e. The summed E-state index contributed by atoms with van der Waals surface area (Å²) in [6.07, 6.45) is 11.0. The van der Waals surface area contributed by atoms with E-state index in [-0.39, 0.29) is 0 Å². The molecule has 1 saturated heterocycles. The molecule has 0 aliphatic carbocycles. The quantitative estimate of drug-likeness (QED) is 0.358. The monoisotopic (exact) mass is 391 g/mol. The van der Waals surface area contributed by atoms with Gasteiger partial charge in [0.15, 0.2) is 0 Å². The van der Waals surface area contributed by atoms with Gasteiger partial charge in [-0.1, -0.05) is 6.42 Å². The van der Waals surface area contributed by atoms with E-state index in [1.54, 1.807) is 17.0 Å². The van der Waals surface area contributed by atoms with E-state index in [0.29, 0.717) is 13.0 Å². The first kappa shape index (κ1) is 19.1. The first-order valence-corrected chi connectivity index (χ1v) is 10.0. The molecule has 3 N–H and O–H groups in total. The lowest BCUT2D eigenvalue weighted by atomic mass is 10.1. The molecule has 4 aromatic rings. The Hall–Kier alpha value is -3.26. The van der Waals surface area contributed by atoms with E-state index in [2.05, 4.69) is 36.9 Å². The molecule has 1 aliphatic rings. The third-order valence-corrected chi connectivity index (χ3v) is 5.01. The molecule has 0 bridgehead atoms. The van der Waals surface area contributed by atoms with E-state index in [4.69, 9.17) is 0 Å². The summed E-state index contributed by atoms with van der Waals surface area (Å²) in [7, 11) is 0. The maximum atomic E-state index is 10.4. The molecule has 5 heterocycles. The molecule has 4 aromatic heterocycles. The Morgan fingerprint density at radius 1 is 1.10 bits per heavy atom. The van der Waals surface area contributed by atoms with Crippen molar-refractivity contribution >= 4 is 23.0 Å². The van der Waals surface area contributed by atoms with E-state index >= 15 is 0 Å². The molecule has 0 radical (unpaired) electrons. The van der Waals surface area contributed by atoms with Crippen LogP contribution in [0, 0.1) is 0 Å². The average molecular weight is 391 g/mol. The first-order valence-electron chi connectivity index (χ1n) is 10.0. The van der Waals surface area contributed by atoms with Crippen molar-refractivity contribution in [2.75, 3.05) is 19.6 Å². The number of hydrogen-bond donors (Lipinski definition) is 3. The third kappa shape index (κ3) is 4.43. The number of piperidine rings is 1. The van der Waals surface area contributed by atoms with Crippen molar-refractivity contribution in [1.29, 1.82) is 0 Å². The van der Waals surface area contributed by atoms with Crippen molar-refractivity contribution in [3.05, 3.63) is 48.5 Å². The highest BCUT2D eigenvalue weighted by Crippen LogP contribution is 2.30. The number of fused-ring (bicyclic) bond motifs is 2. The molecule has 1 fully saturated rings. The SMILES string of the molecule is C1CCNCC1.O=CNCCc1cc2c(-c3cnn4ncccc34)ccnc2[nH]1. The summed E-state index contributed by atoms with van der Waals surface area (Å²) in [4.78, 5) is 18.0. The van der Waals surface area contributed by atoms with Gasteiger partial charge in [0.05, 0.1) is 11.7 Å². The highest BCUT2D eigenvalue weighted by molar-refractivity contribution is 5.97. The number of amides is 1. The maximum absolute atomic E-state index is 10.4. The Morgan fingerprint density at radius 3 is 2.76 bits per heavy atom. The van der Waals surface area contributed by atoms with Crippen LogP contribution in [0.1, 0.15) is 25.0 Å². The van der Waals surface area contributed by atoms with Gasteiger partial charge in [-0.25, -0.2) is 4.98 Å². The van der Waals surface area contributed by atoms with Gasteiger partial charge in [0.2, 0.25) is 6.41 Å². The summed E-state index contributed by atoms with van der Waals surface area (Å²) in [6, 6.07) is 7.94. The van der Waals surface area contributed by atoms with E-state index in [0.717, 1.165) is 39.8 Å². The van der Waals surface area contributed by atoms with Crippen LogP contribution in [0.5, 0.6) is 0 Å². The molecule has 1 amide bonds. The summed E-state index contributed by atoms with van der Waals surface area (Å²) in [6.45, 7) is 3.09. The minimum absolute atomic E-state index is 0.590. The molecule has 8 nitrogen and oxygen atoms in total. The largest absolute Gasteiger partial charge is 0.358 e. The smallest absolute Gasteiger partial charge is 0.207 e. The lowest BCUT2D eigenvalue weighted by molar-refractivity contribution is -0.109. The number of aromatic amines is 1. The van der Waals surface area contributed by atoms with Crippen molar-refractivity contribution in [2.24, 2.45) is 0 Å². The Morgan fingerprint density at radius 2 is 2.00 bits per heavy atom. The number of aromatic nitrogens is 5. The van der Waals surface area contributed by atoms with Gasteiger partial charge in [0.25, 0.3) is 0 Å². The molecular formula is C21H25N7O. The Balaban J connectivity index is 0.000000294. The van der Waals surface area contributed by atoms with Crippen LogP contribution in [0.15, 0.2) is 42.9 Å². The summed E-state index contributed by atoms with van der Waals surface area (Å²) >= 11 is 0. The fourth-order valence-corrected chi connectivity index (χ4v) is 3.56. The molecular weight excluding hydrogens is 366 g/mol. The number of hydrogen-bond acceptors (Lipinski definition) is 5. The van der Waals surface area contributed by atoms with E-state index < -0.39 is 0 Å². The number of nitrogens with zero attached hydrogens (tertiary/aromatic N) is 4. The normalized spacial score (nSPS) is 13.8. The van der Waals surface area contributed by atoms with Crippen molar-refractivity contribution in [3.63, 3.8) is 0 Å². The minimum Gasteiger partial charge on any atom is -0.358 e. The van der Waals surface area contributed by atoms with Crippen LogP contribution >= 0.6 is 0 Å². The molecule has 0 aromatic carbocycles. The Kier molecular flexibility index (Phi) is 6.11. The number of H-pyrrole nitrogens is 1. The van der Waals surface area contributed by atoms with Gasteiger partial charge in [-0.15, -0.1) is 0 Å². The second-order valence-electron chi connectivity index (χ2n) is 7.00. The molecule has 0 saturated carbocycles. The van der Waals surface area contributed by atoms with Crippen LogP contribution in [0.4, 0.5) is 0 Å². The lowest BCUT2D eigenvalue weighted by Gasteiger charge is -2.08. The topological polar surface area (TPSA) is 100 Å². The summed E-state index contributed by atoms with van der Waals surface area (Å²) in [5.74, 6) is 0. The molecule has 0 unspecified atom stereocenters. The zero-order valence-electron chi connectivity index (χ0n) is 16.3. The number of carbonyl (C=O) groups is 1. The van der Waals surface area contributed by atoms with E-state index in [1.165, 1.54) is 32.4 Å².